The Labute approximate surface area is 118 Å². The van der Waals surface area contributed by atoms with Crippen molar-refractivity contribution in [2.45, 2.75) is 0 Å². The Kier molecular flexibility index (Phi) is 2.67. The molecule has 3 N–H and O–H groups in total. The van der Waals surface area contributed by atoms with E-state index < -0.39 is 0 Å². The first-order chi connectivity index (χ1) is 9.06. The topological polar surface area (TPSA) is 76.4 Å². The number of imidazole rings is 1. The number of anilines is 1. The van der Waals surface area contributed by atoms with Gasteiger partial charge in [-0.05, 0) is 18.2 Å². The number of aliphatic imine (C=N–C) groups is 1. The molecule has 2 heterocycles. The number of aromatic hydroxyl groups is 1. The molecule has 1 aromatic carbocycles. The van der Waals surface area contributed by atoms with Crippen LogP contribution in [0, 0.1) is 0 Å². The Bertz CT molecular complexity index is 730. The highest BCUT2D eigenvalue weighted by atomic mass is 79.9. The van der Waals surface area contributed by atoms with Crippen LogP contribution in [0.25, 0.3) is 11.6 Å². The molecule has 2 aromatic rings. The SMILES string of the molecule is Cn1c(N)nc(/C=C2\C=Nc3cc(Br)ccc32)c1O. The molecule has 0 fully saturated rings. The largest absolute Gasteiger partial charge is 0.493 e. The van der Waals surface area contributed by atoms with Gasteiger partial charge in [-0.1, -0.05) is 22.0 Å². The van der Waals surface area contributed by atoms with Gasteiger partial charge in [0, 0.05) is 28.9 Å². The normalized spacial score (nSPS) is 15.2. The molecule has 0 bridgehead atoms. The van der Waals surface area contributed by atoms with Gasteiger partial charge >= 0.3 is 0 Å². The fraction of sp³-hybridized carbons (Fsp3) is 0.0769. The predicted octanol–water partition coefficient (Wildman–Crippen LogP) is 2.73. The second kappa shape index (κ2) is 4.24. The number of nitrogen functional groups attached to an aromatic ring is 1. The molecule has 0 saturated heterocycles. The van der Waals surface area contributed by atoms with Gasteiger partial charge in [-0.3, -0.25) is 9.56 Å². The summed E-state index contributed by atoms with van der Waals surface area (Å²) in [5.41, 5.74) is 8.89. The first-order valence-corrected chi connectivity index (χ1v) is 6.42. The van der Waals surface area contributed by atoms with E-state index >= 15 is 0 Å². The lowest BCUT2D eigenvalue weighted by Crippen LogP contribution is -1.95. The van der Waals surface area contributed by atoms with Crippen molar-refractivity contribution in [3.8, 4) is 5.88 Å². The highest BCUT2D eigenvalue weighted by Crippen LogP contribution is 2.35. The minimum absolute atomic E-state index is 0.0453. The number of aromatic nitrogens is 2. The van der Waals surface area contributed by atoms with Gasteiger partial charge < -0.3 is 10.8 Å². The van der Waals surface area contributed by atoms with Gasteiger partial charge in [0.1, 0.15) is 5.69 Å². The fourth-order valence-electron chi connectivity index (χ4n) is 1.95. The quantitative estimate of drug-likeness (QED) is 0.848. The van der Waals surface area contributed by atoms with Crippen molar-refractivity contribution < 1.29 is 5.11 Å². The van der Waals surface area contributed by atoms with Gasteiger partial charge in [-0.2, -0.15) is 0 Å². The molecule has 0 atom stereocenters. The first-order valence-electron chi connectivity index (χ1n) is 5.63. The van der Waals surface area contributed by atoms with Gasteiger partial charge in [-0.25, -0.2) is 4.98 Å². The number of rotatable bonds is 1. The molecule has 0 unspecified atom stereocenters. The number of benzene rings is 1. The highest BCUT2D eigenvalue weighted by molar-refractivity contribution is 9.10. The van der Waals surface area contributed by atoms with Crippen LogP contribution in [0.2, 0.25) is 0 Å². The van der Waals surface area contributed by atoms with Gasteiger partial charge in [0.2, 0.25) is 11.8 Å². The summed E-state index contributed by atoms with van der Waals surface area (Å²) in [6.07, 6.45) is 3.52. The van der Waals surface area contributed by atoms with E-state index in [9.17, 15) is 5.11 Å². The number of nitrogens with two attached hydrogens (primary N) is 1. The third kappa shape index (κ3) is 1.94. The minimum atomic E-state index is 0.0453. The summed E-state index contributed by atoms with van der Waals surface area (Å²) in [4.78, 5) is 8.43. The standard InChI is InChI=1S/C13H11BrN4O/c1-18-12(19)11(17-13(18)15)4-7-6-16-10-5-8(14)2-3-9(7)10/h2-6,19H,1H3,(H2,15,17)/b7-4+. The molecular formula is C13H11BrN4O. The Balaban J connectivity index is 2.08. The summed E-state index contributed by atoms with van der Waals surface area (Å²) in [7, 11) is 1.66. The second-order valence-electron chi connectivity index (χ2n) is 4.26. The van der Waals surface area contributed by atoms with Crippen LogP contribution in [0.3, 0.4) is 0 Å². The maximum Gasteiger partial charge on any atom is 0.220 e. The number of nitrogens with zero attached hydrogens (tertiary/aromatic N) is 3. The molecule has 1 aromatic heterocycles. The molecule has 0 saturated carbocycles. The van der Waals surface area contributed by atoms with Crippen LogP contribution >= 0.6 is 15.9 Å². The van der Waals surface area contributed by atoms with Crippen molar-refractivity contribution in [1.29, 1.82) is 0 Å². The zero-order chi connectivity index (χ0) is 13.6. The molecule has 1 aliphatic heterocycles. The summed E-state index contributed by atoms with van der Waals surface area (Å²) in [5.74, 6) is 0.319. The summed E-state index contributed by atoms with van der Waals surface area (Å²) >= 11 is 3.41. The lowest BCUT2D eigenvalue weighted by Gasteiger charge is -2.00. The van der Waals surface area contributed by atoms with E-state index in [0.29, 0.717) is 5.69 Å². The molecule has 5 nitrogen and oxygen atoms in total. The minimum Gasteiger partial charge on any atom is -0.493 e. The monoisotopic (exact) mass is 318 g/mol. The fourth-order valence-corrected chi connectivity index (χ4v) is 2.30. The molecule has 1 aliphatic rings. The summed E-state index contributed by atoms with van der Waals surface area (Å²) in [6, 6.07) is 5.87. The van der Waals surface area contributed by atoms with Crippen LogP contribution < -0.4 is 5.73 Å². The van der Waals surface area contributed by atoms with E-state index in [2.05, 4.69) is 25.9 Å². The number of fused-ring (bicyclic) bond motifs is 1. The van der Waals surface area contributed by atoms with Crippen molar-refractivity contribution in [3.05, 3.63) is 33.9 Å². The lowest BCUT2D eigenvalue weighted by atomic mass is 10.1. The van der Waals surface area contributed by atoms with Gasteiger partial charge in [-0.15, -0.1) is 0 Å². The zero-order valence-corrected chi connectivity index (χ0v) is 11.7. The summed E-state index contributed by atoms with van der Waals surface area (Å²) in [6.45, 7) is 0. The molecule has 6 heteroatoms. The predicted molar refractivity (Wildman–Crippen MR) is 79.5 cm³/mol. The maximum absolute atomic E-state index is 9.89. The van der Waals surface area contributed by atoms with Crippen molar-refractivity contribution in [2.75, 3.05) is 5.73 Å². The van der Waals surface area contributed by atoms with Crippen LogP contribution in [0.4, 0.5) is 11.6 Å². The molecule has 0 amide bonds. The Morgan fingerprint density at radius 2 is 2.21 bits per heavy atom. The third-order valence-electron chi connectivity index (χ3n) is 3.03. The van der Waals surface area contributed by atoms with Crippen molar-refractivity contribution in [3.63, 3.8) is 0 Å². The molecular weight excluding hydrogens is 308 g/mol. The van der Waals surface area contributed by atoms with Crippen LogP contribution in [0.1, 0.15) is 11.3 Å². The summed E-state index contributed by atoms with van der Waals surface area (Å²) in [5, 5.41) is 9.89. The smallest absolute Gasteiger partial charge is 0.220 e. The highest BCUT2D eigenvalue weighted by Gasteiger charge is 2.15. The Hall–Kier alpha value is -2.08. The zero-order valence-electron chi connectivity index (χ0n) is 10.1. The Morgan fingerprint density at radius 3 is 2.89 bits per heavy atom. The van der Waals surface area contributed by atoms with E-state index in [4.69, 9.17) is 5.73 Å². The molecule has 0 spiro atoms. The number of hydrogen-bond acceptors (Lipinski definition) is 4. The average Bonchev–Trinajstić information content (AvgIpc) is 2.87. The van der Waals surface area contributed by atoms with E-state index in [0.717, 1.165) is 21.3 Å². The molecule has 19 heavy (non-hydrogen) atoms. The summed E-state index contributed by atoms with van der Waals surface area (Å²) < 4.78 is 2.41. The van der Waals surface area contributed by atoms with Gasteiger partial charge in [0.05, 0.1) is 5.69 Å². The number of allylic oxidation sites excluding steroid dienone is 1. The lowest BCUT2D eigenvalue weighted by molar-refractivity contribution is 0.432. The molecule has 3 rings (SSSR count). The second-order valence-corrected chi connectivity index (χ2v) is 5.17. The van der Waals surface area contributed by atoms with Crippen LogP contribution in [0.15, 0.2) is 27.7 Å². The molecule has 96 valence electrons. The Morgan fingerprint density at radius 1 is 1.42 bits per heavy atom. The van der Waals surface area contributed by atoms with Crippen LogP contribution in [-0.2, 0) is 7.05 Å². The van der Waals surface area contributed by atoms with Gasteiger partial charge in [0.25, 0.3) is 0 Å². The third-order valence-corrected chi connectivity index (χ3v) is 3.52. The van der Waals surface area contributed by atoms with Crippen molar-refractivity contribution >= 4 is 45.4 Å². The van der Waals surface area contributed by atoms with Crippen LogP contribution in [-0.4, -0.2) is 20.9 Å². The number of hydrogen-bond donors (Lipinski definition) is 2. The van der Waals surface area contributed by atoms with E-state index in [1.165, 1.54) is 4.57 Å². The molecule has 0 radical (unpaired) electrons. The van der Waals surface area contributed by atoms with Gasteiger partial charge in [0.15, 0.2) is 0 Å². The maximum atomic E-state index is 9.89. The molecule has 0 aliphatic carbocycles. The van der Waals surface area contributed by atoms with Crippen molar-refractivity contribution in [1.82, 2.24) is 9.55 Å². The van der Waals surface area contributed by atoms with E-state index in [1.54, 1.807) is 19.3 Å². The van der Waals surface area contributed by atoms with Crippen LogP contribution in [0.5, 0.6) is 5.88 Å². The average molecular weight is 319 g/mol. The van der Waals surface area contributed by atoms with Crippen molar-refractivity contribution in [2.24, 2.45) is 12.0 Å². The van der Waals surface area contributed by atoms with E-state index in [-0.39, 0.29) is 11.8 Å². The van der Waals surface area contributed by atoms with E-state index in [1.807, 2.05) is 18.2 Å². The number of halogens is 1. The first kappa shape index (κ1) is 12.0.